The maximum Gasteiger partial charge on any atom is 0.129 e. The van der Waals surface area contributed by atoms with Crippen LogP contribution in [0.15, 0.2) is 0 Å². The summed E-state index contributed by atoms with van der Waals surface area (Å²) in [5, 5.41) is 0. The van der Waals surface area contributed by atoms with Gasteiger partial charge in [0.1, 0.15) is 16.3 Å². The fourth-order valence-electron chi connectivity index (χ4n) is 1.18. The van der Waals surface area contributed by atoms with Gasteiger partial charge in [0.25, 0.3) is 0 Å². The minimum atomic E-state index is 0.611. The van der Waals surface area contributed by atoms with Gasteiger partial charge in [-0.2, -0.15) is 0 Å². The van der Waals surface area contributed by atoms with Crippen molar-refractivity contribution < 1.29 is 0 Å². The first kappa shape index (κ1) is 5.67. The van der Waals surface area contributed by atoms with Crippen LogP contribution >= 0.6 is 0 Å². The Morgan fingerprint density at radius 3 is 1.86 bits per heavy atom. The highest BCUT2D eigenvalue weighted by molar-refractivity contribution is 6.14. The number of rotatable bonds is 0. The lowest BCUT2D eigenvalue weighted by molar-refractivity contribution is 0.641. The van der Waals surface area contributed by atoms with Crippen molar-refractivity contribution in [2.24, 2.45) is 0 Å². The molecule has 0 aliphatic heterocycles. The normalized spacial score (nSPS) is 28.1. The minimum Gasteiger partial charge on any atom is -0.0994 e. The molecule has 38 valence electrons. The van der Waals surface area contributed by atoms with E-state index in [1.54, 1.807) is 0 Å². The van der Waals surface area contributed by atoms with E-state index in [0.29, 0.717) is 4.28 Å². The Morgan fingerprint density at radius 2 is 1.71 bits per heavy atom. The van der Waals surface area contributed by atoms with Crippen molar-refractivity contribution in [3.63, 3.8) is 0 Å². The molecule has 0 aromatic heterocycles. The second-order valence-corrected chi connectivity index (χ2v) is 4.25. The molecule has 0 spiro atoms. The molecule has 0 saturated heterocycles. The highest BCUT2D eigenvalue weighted by atomic mass is 27.0. The van der Waals surface area contributed by atoms with Crippen LogP contribution in [0.3, 0.4) is 0 Å². The number of hydrogen-bond acceptors (Lipinski definition) is 0. The van der Waals surface area contributed by atoms with E-state index in [1.165, 1.54) is 25.7 Å². The van der Waals surface area contributed by atoms with Crippen molar-refractivity contribution in [2.75, 3.05) is 0 Å². The molecule has 0 nitrogen and oxygen atoms in total. The monoisotopic (exact) mass is 110 g/mol. The first-order chi connectivity index (χ1) is 3.21. The minimum absolute atomic E-state index is 0.611. The molecule has 1 aliphatic carbocycles. The van der Waals surface area contributed by atoms with E-state index in [-0.39, 0.29) is 0 Å². The summed E-state index contributed by atoms with van der Waals surface area (Å²) in [6.07, 6.45) is 5.72. The molecule has 0 heterocycles. The topological polar surface area (TPSA) is 0 Å². The Morgan fingerprint density at radius 1 is 1.29 bits per heavy atom. The summed E-state index contributed by atoms with van der Waals surface area (Å²) in [5.74, 6) is 0. The summed E-state index contributed by atoms with van der Waals surface area (Å²) in [7, 11) is 0. The van der Waals surface area contributed by atoms with E-state index < -0.39 is 0 Å². The SMILES string of the molecule is C[C]1([Al])CCCC1. The molecule has 0 N–H and O–H groups in total. The van der Waals surface area contributed by atoms with Gasteiger partial charge in [-0.25, -0.2) is 0 Å². The van der Waals surface area contributed by atoms with Crippen LogP contribution in [0.5, 0.6) is 0 Å². The maximum atomic E-state index is 2.93. The molecule has 0 unspecified atom stereocenters. The summed E-state index contributed by atoms with van der Waals surface area (Å²) < 4.78 is 0.611. The van der Waals surface area contributed by atoms with E-state index in [0.717, 1.165) is 0 Å². The molecule has 1 saturated carbocycles. The van der Waals surface area contributed by atoms with Crippen LogP contribution in [0.2, 0.25) is 4.28 Å². The van der Waals surface area contributed by atoms with Crippen molar-refractivity contribution in [3.8, 4) is 0 Å². The summed E-state index contributed by atoms with van der Waals surface area (Å²) in [4.78, 5) is 0. The molecular weight excluding hydrogens is 99.0 g/mol. The fourth-order valence-corrected chi connectivity index (χ4v) is 1.59. The zero-order valence-electron chi connectivity index (χ0n) is 4.91. The van der Waals surface area contributed by atoms with E-state index >= 15 is 0 Å². The summed E-state index contributed by atoms with van der Waals surface area (Å²) in [6.45, 7) is 2.32. The zero-order valence-corrected chi connectivity index (χ0v) is 6.06. The van der Waals surface area contributed by atoms with E-state index in [1.807, 2.05) is 0 Å². The molecular formula is C6H11Al. The first-order valence-electron chi connectivity index (χ1n) is 3.00. The molecule has 1 rings (SSSR count). The molecule has 0 aromatic carbocycles. The van der Waals surface area contributed by atoms with Crippen molar-refractivity contribution in [2.45, 2.75) is 36.9 Å². The van der Waals surface area contributed by atoms with Crippen LogP contribution in [-0.4, -0.2) is 16.3 Å². The molecule has 2 radical (unpaired) electrons. The molecule has 0 atom stereocenters. The summed E-state index contributed by atoms with van der Waals surface area (Å²) in [5.41, 5.74) is 0. The predicted octanol–water partition coefficient (Wildman–Crippen LogP) is 1.91. The Hall–Kier alpha value is 0.532. The second-order valence-electron chi connectivity index (χ2n) is 2.86. The first-order valence-corrected chi connectivity index (χ1v) is 3.57. The molecule has 0 aromatic rings. The van der Waals surface area contributed by atoms with Gasteiger partial charge in [-0.05, 0) is 0 Å². The average molecular weight is 110 g/mol. The predicted molar refractivity (Wildman–Crippen MR) is 32.6 cm³/mol. The highest BCUT2D eigenvalue weighted by Gasteiger charge is 2.20. The van der Waals surface area contributed by atoms with Gasteiger partial charge < -0.3 is 0 Å². The van der Waals surface area contributed by atoms with Gasteiger partial charge in [0.15, 0.2) is 0 Å². The van der Waals surface area contributed by atoms with Gasteiger partial charge in [0.2, 0.25) is 0 Å². The molecule has 1 aliphatic rings. The lowest BCUT2D eigenvalue weighted by Gasteiger charge is -2.15. The third-order valence-corrected chi connectivity index (χ3v) is 2.32. The largest absolute Gasteiger partial charge is 0.129 e. The Kier molecular flexibility index (Phi) is 1.46. The Labute approximate surface area is 53.7 Å². The summed E-state index contributed by atoms with van der Waals surface area (Å²) >= 11 is 2.93. The lowest BCUT2D eigenvalue weighted by Crippen LogP contribution is -1.98. The van der Waals surface area contributed by atoms with Crippen molar-refractivity contribution in [1.29, 1.82) is 0 Å². The van der Waals surface area contributed by atoms with Gasteiger partial charge in [-0.15, -0.1) is 0 Å². The second kappa shape index (κ2) is 1.80. The third-order valence-electron chi connectivity index (χ3n) is 1.75. The Balaban J connectivity index is 2.40. The van der Waals surface area contributed by atoms with Gasteiger partial charge in [-0.3, -0.25) is 0 Å². The van der Waals surface area contributed by atoms with Crippen LogP contribution < -0.4 is 0 Å². The molecule has 1 heteroatoms. The van der Waals surface area contributed by atoms with Gasteiger partial charge >= 0.3 is 0 Å². The smallest absolute Gasteiger partial charge is 0.0994 e. The highest BCUT2D eigenvalue weighted by Crippen LogP contribution is 2.40. The standard InChI is InChI=1S/C6H11.Al/c1-6-4-2-3-5-6;/h2-5H2,1H3;. The van der Waals surface area contributed by atoms with E-state index in [9.17, 15) is 0 Å². The molecule has 0 bridgehead atoms. The fraction of sp³-hybridized carbons (Fsp3) is 1.00. The van der Waals surface area contributed by atoms with Crippen molar-refractivity contribution in [3.05, 3.63) is 0 Å². The van der Waals surface area contributed by atoms with Crippen LogP contribution in [-0.2, 0) is 0 Å². The van der Waals surface area contributed by atoms with Crippen LogP contribution in [0.25, 0.3) is 0 Å². The van der Waals surface area contributed by atoms with E-state index in [4.69, 9.17) is 0 Å². The molecule has 1 fully saturated rings. The van der Waals surface area contributed by atoms with Gasteiger partial charge in [0, 0.05) is 0 Å². The number of hydrogen-bond donors (Lipinski definition) is 0. The van der Waals surface area contributed by atoms with Crippen LogP contribution in [0.4, 0.5) is 0 Å². The van der Waals surface area contributed by atoms with Gasteiger partial charge in [-0.1, -0.05) is 36.9 Å². The van der Waals surface area contributed by atoms with Crippen molar-refractivity contribution >= 4 is 16.3 Å². The molecule has 7 heavy (non-hydrogen) atoms. The van der Waals surface area contributed by atoms with Crippen molar-refractivity contribution in [1.82, 2.24) is 0 Å². The third kappa shape index (κ3) is 1.48. The lowest BCUT2D eigenvalue weighted by atomic mass is 10.1. The van der Waals surface area contributed by atoms with E-state index in [2.05, 4.69) is 23.2 Å². The Bertz CT molecular complexity index is 58.6. The van der Waals surface area contributed by atoms with Crippen LogP contribution in [0, 0.1) is 0 Å². The quantitative estimate of drug-likeness (QED) is 0.418. The zero-order chi connectivity index (χ0) is 5.33. The van der Waals surface area contributed by atoms with Gasteiger partial charge in [0.05, 0.1) is 0 Å². The average Bonchev–Trinajstić information content (AvgIpc) is 1.84. The van der Waals surface area contributed by atoms with Crippen LogP contribution in [0.1, 0.15) is 32.6 Å². The summed E-state index contributed by atoms with van der Waals surface area (Å²) in [6, 6.07) is 0. The molecule has 0 amide bonds. The maximum absolute atomic E-state index is 2.93.